The molecule has 0 aliphatic carbocycles. The molecular weight excluding hydrogens is 138 g/mol. The van der Waals surface area contributed by atoms with Crippen LogP contribution in [0.3, 0.4) is 0 Å². The monoisotopic (exact) mass is 150 g/mol. The van der Waals surface area contributed by atoms with Gasteiger partial charge in [0.25, 0.3) is 0 Å². The molecule has 0 unspecified atom stereocenters. The molecule has 0 aliphatic rings. The largest absolute Gasteiger partial charge is 0.298 e. The van der Waals surface area contributed by atoms with E-state index in [1.165, 1.54) is 0 Å². The predicted octanol–water partition coefficient (Wildman–Crippen LogP) is 1.20. The van der Waals surface area contributed by atoms with Gasteiger partial charge in [-0.25, -0.2) is 4.57 Å². The maximum atomic E-state index is 10.3. The van der Waals surface area contributed by atoms with E-state index in [-0.39, 0.29) is 0 Å². The van der Waals surface area contributed by atoms with Gasteiger partial charge in [-0.2, -0.15) is 0 Å². The van der Waals surface area contributed by atoms with Crippen LogP contribution in [0.25, 0.3) is 0 Å². The molecule has 2 nitrogen and oxygen atoms in total. The van der Waals surface area contributed by atoms with E-state index in [9.17, 15) is 4.79 Å². The standard InChI is InChI=1S/C9H12NO/c1-2-5-10-6-3-4-9(7-10)8-11/h3-4,6-8H,2,5H2,1H3/q+1. The molecule has 0 atom stereocenters. The maximum absolute atomic E-state index is 10.3. The van der Waals surface area contributed by atoms with Crippen molar-refractivity contribution in [2.75, 3.05) is 0 Å². The lowest BCUT2D eigenvalue weighted by molar-refractivity contribution is -0.697. The van der Waals surface area contributed by atoms with Gasteiger partial charge in [0, 0.05) is 12.5 Å². The first-order chi connectivity index (χ1) is 5.36. The van der Waals surface area contributed by atoms with Gasteiger partial charge < -0.3 is 0 Å². The molecule has 2 heteroatoms. The SMILES string of the molecule is CCC[n+]1cccc(C=O)c1. The first kappa shape index (κ1) is 7.92. The summed E-state index contributed by atoms with van der Waals surface area (Å²) in [6.45, 7) is 3.09. The van der Waals surface area contributed by atoms with Gasteiger partial charge in [-0.3, -0.25) is 4.79 Å². The summed E-state index contributed by atoms with van der Waals surface area (Å²) < 4.78 is 2.02. The number of pyridine rings is 1. The van der Waals surface area contributed by atoms with Crippen molar-refractivity contribution in [2.45, 2.75) is 19.9 Å². The zero-order valence-corrected chi connectivity index (χ0v) is 6.66. The smallest absolute Gasteiger partial charge is 0.179 e. The van der Waals surface area contributed by atoms with Crippen molar-refractivity contribution in [1.82, 2.24) is 0 Å². The molecule has 0 aromatic carbocycles. The van der Waals surface area contributed by atoms with Gasteiger partial charge in [-0.1, -0.05) is 6.92 Å². The Morgan fingerprint density at radius 3 is 3.09 bits per heavy atom. The molecule has 11 heavy (non-hydrogen) atoms. The van der Waals surface area contributed by atoms with E-state index in [0.717, 1.165) is 24.8 Å². The Morgan fingerprint density at radius 1 is 1.64 bits per heavy atom. The molecule has 0 N–H and O–H groups in total. The third-order valence-corrected chi connectivity index (χ3v) is 1.50. The molecule has 0 bridgehead atoms. The topological polar surface area (TPSA) is 20.9 Å². The number of rotatable bonds is 3. The first-order valence-corrected chi connectivity index (χ1v) is 3.81. The summed E-state index contributed by atoms with van der Waals surface area (Å²) in [4.78, 5) is 10.3. The number of carbonyl (C=O) groups is 1. The average molecular weight is 150 g/mol. The Hall–Kier alpha value is -1.18. The lowest BCUT2D eigenvalue weighted by Gasteiger charge is -1.92. The van der Waals surface area contributed by atoms with Crippen LogP contribution in [0.4, 0.5) is 0 Å². The van der Waals surface area contributed by atoms with E-state index in [4.69, 9.17) is 0 Å². The predicted molar refractivity (Wildman–Crippen MR) is 42.3 cm³/mol. The van der Waals surface area contributed by atoms with Gasteiger partial charge in [0.05, 0.1) is 5.56 Å². The normalized spacial score (nSPS) is 9.55. The van der Waals surface area contributed by atoms with Crippen molar-refractivity contribution in [1.29, 1.82) is 0 Å². The molecule has 1 heterocycles. The second-order valence-electron chi connectivity index (χ2n) is 2.49. The fourth-order valence-electron chi connectivity index (χ4n) is 1.01. The Kier molecular flexibility index (Phi) is 2.78. The van der Waals surface area contributed by atoms with Crippen LogP contribution in [0.5, 0.6) is 0 Å². The lowest BCUT2D eigenvalue weighted by atomic mass is 10.3. The van der Waals surface area contributed by atoms with E-state index in [0.29, 0.717) is 0 Å². The van der Waals surface area contributed by atoms with Crippen LogP contribution in [-0.2, 0) is 6.54 Å². The zero-order valence-electron chi connectivity index (χ0n) is 6.66. The van der Waals surface area contributed by atoms with E-state index in [2.05, 4.69) is 6.92 Å². The molecule has 0 fully saturated rings. The quantitative estimate of drug-likeness (QED) is 0.468. The fourth-order valence-corrected chi connectivity index (χ4v) is 1.01. The number of carbonyl (C=O) groups excluding carboxylic acids is 1. The minimum absolute atomic E-state index is 0.737. The summed E-state index contributed by atoms with van der Waals surface area (Å²) in [6.07, 6.45) is 5.78. The van der Waals surface area contributed by atoms with Crippen molar-refractivity contribution in [2.24, 2.45) is 0 Å². The van der Waals surface area contributed by atoms with E-state index >= 15 is 0 Å². The molecule has 0 amide bonds. The maximum Gasteiger partial charge on any atom is 0.179 e. The molecule has 0 spiro atoms. The molecule has 0 radical (unpaired) electrons. The number of aldehydes is 1. The Bertz CT molecular complexity index is 245. The summed E-state index contributed by atoms with van der Waals surface area (Å²) in [7, 11) is 0. The highest BCUT2D eigenvalue weighted by molar-refractivity contribution is 5.73. The molecule has 1 rings (SSSR count). The summed E-state index contributed by atoms with van der Waals surface area (Å²) in [5.74, 6) is 0. The molecule has 0 saturated heterocycles. The third kappa shape index (κ3) is 2.15. The Balaban J connectivity index is 2.82. The van der Waals surface area contributed by atoms with Crippen molar-refractivity contribution in [3.63, 3.8) is 0 Å². The Labute approximate surface area is 66.5 Å². The molecule has 0 saturated carbocycles. The van der Waals surface area contributed by atoms with E-state index in [1.807, 2.05) is 23.0 Å². The number of aromatic nitrogens is 1. The van der Waals surface area contributed by atoms with Gasteiger partial charge in [0.1, 0.15) is 6.54 Å². The number of aryl methyl sites for hydroxylation is 1. The van der Waals surface area contributed by atoms with Crippen molar-refractivity contribution in [3.05, 3.63) is 30.1 Å². The first-order valence-electron chi connectivity index (χ1n) is 3.81. The minimum atomic E-state index is 0.737. The van der Waals surface area contributed by atoms with Gasteiger partial charge in [-0.15, -0.1) is 0 Å². The van der Waals surface area contributed by atoms with Crippen LogP contribution in [0.15, 0.2) is 24.5 Å². The van der Waals surface area contributed by atoms with Crippen LogP contribution >= 0.6 is 0 Å². The van der Waals surface area contributed by atoms with Crippen LogP contribution in [0.2, 0.25) is 0 Å². The van der Waals surface area contributed by atoms with Gasteiger partial charge in [-0.05, 0) is 6.07 Å². The van der Waals surface area contributed by atoms with Crippen LogP contribution in [0, 0.1) is 0 Å². The summed E-state index contributed by atoms with van der Waals surface area (Å²) in [6, 6.07) is 3.69. The van der Waals surface area contributed by atoms with Gasteiger partial charge >= 0.3 is 0 Å². The lowest BCUT2D eigenvalue weighted by Crippen LogP contribution is -2.32. The van der Waals surface area contributed by atoms with Crippen LogP contribution in [0.1, 0.15) is 23.7 Å². The number of hydrogen-bond acceptors (Lipinski definition) is 1. The minimum Gasteiger partial charge on any atom is -0.298 e. The third-order valence-electron chi connectivity index (χ3n) is 1.50. The molecule has 0 aliphatic heterocycles. The van der Waals surface area contributed by atoms with E-state index in [1.54, 1.807) is 6.07 Å². The summed E-state index contributed by atoms with van der Waals surface area (Å²) in [5, 5.41) is 0. The van der Waals surface area contributed by atoms with Gasteiger partial charge in [0.2, 0.25) is 0 Å². The van der Waals surface area contributed by atoms with Crippen LogP contribution < -0.4 is 4.57 Å². The Morgan fingerprint density at radius 2 is 2.45 bits per heavy atom. The highest BCUT2D eigenvalue weighted by Crippen LogP contribution is 1.88. The van der Waals surface area contributed by atoms with Crippen molar-refractivity contribution in [3.8, 4) is 0 Å². The van der Waals surface area contributed by atoms with Crippen molar-refractivity contribution < 1.29 is 9.36 Å². The van der Waals surface area contributed by atoms with Crippen LogP contribution in [-0.4, -0.2) is 6.29 Å². The summed E-state index contributed by atoms with van der Waals surface area (Å²) in [5.41, 5.74) is 0.737. The second kappa shape index (κ2) is 3.86. The molecule has 58 valence electrons. The average Bonchev–Trinajstić information content (AvgIpc) is 2.06. The highest BCUT2D eigenvalue weighted by Gasteiger charge is 1.98. The number of nitrogens with zero attached hydrogens (tertiary/aromatic N) is 1. The zero-order chi connectivity index (χ0) is 8.10. The second-order valence-corrected chi connectivity index (χ2v) is 2.49. The van der Waals surface area contributed by atoms with E-state index < -0.39 is 0 Å². The highest BCUT2D eigenvalue weighted by atomic mass is 16.1. The number of hydrogen-bond donors (Lipinski definition) is 0. The molecular formula is C9H12NO+. The molecule has 1 aromatic rings. The van der Waals surface area contributed by atoms with Gasteiger partial charge in [0.15, 0.2) is 18.7 Å². The molecule has 1 aromatic heterocycles. The fraction of sp³-hybridized carbons (Fsp3) is 0.333. The van der Waals surface area contributed by atoms with Crippen molar-refractivity contribution >= 4 is 6.29 Å². The summed E-state index contributed by atoms with van der Waals surface area (Å²) >= 11 is 0.